The molecule has 0 saturated heterocycles. The Balaban J connectivity index is 2.01. The molecular weight excluding hydrogens is 256 g/mol. The number of halogens is 2. The number of para-hydroxylation sites is 1. The van der Waals surface area contributed by atoms with Crippen molar-refractivity contribution in [3.8, 4) is 5.75 Å². The fourth-order valence-electron chi connectivity index (χ4n) is 1.95. The molecule has 0 bridgehead atoms. The van der Waals surface area contributed by atoms with Gasteiger partial charge < -0.3 is 15.2 Å². The lowest BCUT2D eigenvalue weighted by Gasteiger charge is -2.36. The maximum Gasteiger partial charge on any atom is 0.387 e. The van der Waals surface area contributed by atoms with Crippen LogP contribution < -0.4 is 10.1 Å². The molecule has 4 nitrogen and oxygen atoms in total. The molecule has 1 amide bonds. The standard InChI is InChI=1S/C13H15F2NO3/c14-12(15)19-10-5-2-1-4-9(10)11(17)16-8-13(18)6-3-7-13/h1-2,4-5,12,18H,3,6-8H2,(H,16,17). The van der Waals surface area contributed by atoms with Gasteiger partial charge in [0.15, 0.2) is 0 Å². The number of carbonyl (C=O) groups is 1. The third-order valence-electron chi connectivity index (χ3n) is 3.21. The second-order valence-electron chi connectivity index (χ2n) is 4.64. The minimum atomic E-state index is -2.98. The lowest BCUT2D eigenvalue weighted by molar-refractivity contribution is -0.0503. The molecule has 0 spiro atoms. The van der Waals surface area contributed by atoms with E-state index < -0.39 is 18.1 Å². The second-order valence-corrected chi connectivity index (χ2v) is 4.64. The molecule has 2 N–H and O–H groups in total. The molecule has 0 radical (unpaired) electrons. The number of amides is 1. The van der Waals surface area contributed by atoms with Crippen LogP contribution >= 0.6 is 0 Å². The van der Waals surface area contributed by atoms with Crippen molar-refractivity contribution in [2.24, 2.45) is 0 Å². The summed E-state index contributed by atoms with van der Waals surface area (Å²) in [6, 6.07) is 5.77. The number of hydrogen-bond donors (Lipinski definition) is 2. The van der Waals surface area contributed by atoms with E-state index in [-0.39, 0.29) is 17.9 Å². The van der Waals surface area contributed by atoms with Gasteiger partial charge in [0.25, 0.3) is 5.91 Å². The van der Waals surface area contributed by atoms with E-state index in [1.165, 1.54) is 18.2 Å². The molecule has 0 atom stereocenters. The number of ether oxygens (including phenoxy) is 1. The number of alkyl halides is 2. The van der Waals surface area contributed by atoms with E-state index in [9.17, 15) is 18.7 Å². The zero-order valence-electron chi connectivity index (χ0n) is 10.2. The van der Waals surface area contributed by atoms with Gasteiger partial charge in [0.05, 0.1) is 11.2 Å². The Bertz CT molecular complexity index is 461. The molecule has 1 aromatic rings. The molecule has 0 aromatic heterocycles. The highest BCUT2D eigenvalue weighted by Gasteiger charge is 2.34. The highest BCUT2D eigenvalue weighted by molar-refractivity contribution is 5.96. The van der Waals surface area contributed by atoms with Gasteiger partial charge in [-0.2, -0.15) is 8.78 Å². The Hall–Kier alpha value is -1.69. The number of rotatable bonds is 5. The molecule has 1 saturated carbocycles. The van der Waals surface area contributed by atoms with E-state index >= 15 is 0 Å². The van der Waals surface area contributed by atoms with E-state index in [0.717, 1.165) is 6.42 Å². The normalized spacial score (nSPS) is 16.8. The van der Waals surface area contributed by atoms with Crippen molar-refractivity contribution in [2.75, 3.05) is 6.54 Å². The van der Waals surface area contributed by atoms with Crippen molar-refractivity contribution in [1.29, 1.82) is 0 Å². The molecule has 0 aliphatic heterocycles. The first-order valence-electron chi connectivity index (χ1n) is 6.05. The maximum absolute atomic E-state index is 12.2. The Morgan fingerprint density at radius 1 is 1.42 bits per heavy atom. The first kappa shape index (κ1) is 13.7. The average Bonchev–Trinajstić information content (AvgIpc) is 2.33. The van der Waals surface area contributed by atoms with E-state index in [1.54, 1.807) is 6.07 Å². The van der Waals surface area contributed by atoms with Crippen LogP contribution in [0.1, 0.15) is 29.6 Å². The SMILES string of the molecule is O=C(NCC1(O)CCC1)c1ccccc1OC(F)F. The van der Waals surface area contributed by atoms with Gasteiger partial charge in [-0.15, -0.1) is 0 Å². The van der Waals surface area contributed by atoms with Gasteiger partial charge in [0.2, 0.25) is 0 Å². The number of nitrogens with one attached hydrogen (secondary N) is 1. The minimum absolute atomic E-state index is 0.0331. The Labute approximate surface area is 109 Å². The summed E-state index contributed by atoms with van der Waals surface area (Å²) in [7, 11) is 0. The van der Waals surface area contributed by atoms with E-state index in [1.807, 2.05) is 0 Å². The lowest BCUT2D eigenvalue weighted by atomic mass is 9.80. The van der Waals surface area contributed by atoms with Crippen molar-refractivity contribution in [3.05, 3.63) is 29.8 Å². The lowest BCUT2D eigenvalue weighted by Crippen LogP contribution is -2.47. The molecule has 1 fully saturated rings. The number of benzene rings is 1. The maximum atomic E-state index is 12.2. The predicted molar refractivity (Wildman–Crippen MR) is 64.2 cm³/mol. The molecule has 0 heterocycles. The van der Waals surface area contributed by atoms with Gasteiger partial charge in [0.1, 0.15) is 5.75 Å². The van der Waals surface area contributed by atoms with Crippen LogP contribution in [-0.2, 0) is 0 Å². The minimum Gasteiger partial charge on any atom is -0.434 e. The summed E-state index contributed by atoms with van der Waals surface area (Å²) >= 11 is 0. The van der Waals surface area contributed by atoms with Crippen LogP contribution in [0.5, 0.6) is 5.75 Å². The predicted octanol–water partition coefficient (Wildman–Crippen LogP) is 1.93. The highest BCUT2D eigenvalue weighted by Crippen LogP contribution is 2.30. The van der Waals surface area contributed by atoms with Crippen LogP contribution in [0.2, 0.25) is 0 Å². The van der Waals surface area contributed by atoms with Crippen molar-refractivity contribution in [3.63, 3.8) is 0 Å². The van der Waals surface area contributed by atoms with E-state index in [0.29, 0.717) is 12.8 Å². The Morgan fingerprint density at radius 3 is 2.68 bits per heavy atom. The summed E-state index contributed by atoms with van der Waals surface area (Å²) in [5, 5.41) is 12.4. The van der Waals surface area contributed by atoms with Crippen LogP contribution in [0, 0.1) is 0 Å². The molecule has 19 heavy (non-hydrogen) atoms. The smallest absolute Gasteiger partial charge is 0.387 e. The molecule has 1 aliphatic carbocycles. The third kappa shape index (κ3) is 3.41. The van der Waals surface area contributed by atoms with Crippen molar-refractivity contribution < 1.29 is 23.4 Å². The molecule has 1 aliphatic rings. The summed E-state index contributed by atoms with van der Waals surface area (Å²) < 4.78 is 28.7. The first-order valence-corrected chi connectivity index (χ1v) is 6.05. The number of hydrogen-bond acceptors (Lipinski definition) is 3. The van der Waals surface area contributed by atoms with Gasteiger partial charge in [-0.3, -0.25) is 4.79 Å². The summed E-state index contributed by atoms with van der Waals surface area (Å²) in [5.41, 5.74) is -0.820. The van der Waals surface area contributed by atoms with Crippen molar-refractivity contribution in [2.45, 2.75) is 31.5 Å². The molecular formula is C13H15F2NO3. The topological polar surface area (TPSA) is 58.6 Å². The van der Waals surface area contributed by atoms with E-state index in [2.05, 4.69) is 10.1 Å². The zero-order chi connectivity index (χ0) is 13.9. The van der Waals surface area contributed by atoms with Crippen LogP contribution in [0.4, 0.5) is 8.78 Å². The molecule has 104 valence electrons. The molecule has 6 heteroatoms. The molecule has 1 aromatic carbocycles. The zero-order valence-corrected chi connectivity index (χ0v) is 10.2. The third-order valence-corrected chi connectivity index (χ3v) is 3.21. The van der Waals surface area contributed by atoms with Gasteiger partial charge in [-0.1, -0.05) is 12.1 Å². The van der Waals surface area contributed by atoms with Crippen LogP contribution in [0.15, 0.2) is 24.3 Å². The van der Waals surface area contributed by atoms with Crippen LogP contribution in [0.25, 0.3) is 0 Å². The van der Waals surface area contributed by atoms with E-state index in [4.69, 9.17) is 0 Å². The summed E-state index contributed by atoms with van der Waals surface area (Å²) in [5.74, 6) is -0.702. The molecule has 0 unspecified atom stereocenters. The summed E-state index contributed by atoms with van der Waals surface area (Å²) in [6.07, 6.45) is 2.21. The van der Waals surface area contributed by atoms with Gasteiger partial charge in [-0.25, -0.2) is 0 Å². The monoisotopic (exact) mass is 271 g/mol. The molecule has 2 rings (SSSR count). The van der Waals surface area contributed by atoms with Gasteiger partial charge in [0, 0.05) is 6.54 Å². The second kappa shape index (κ2) is 5.52. The first-order chi connectivity index (χ1) is 9.00. The number of aliphatic hydroxyl groups is 1. The summed E-state index contributed by atoms with van der Waals surface area (Å²) in [6.45, 7) is -2.86. The average molecular weight is 271 g/mol. The quantitative estimate of drug-likeness (QED) is 0.860. The largest absolute Gasteiger partial charge is 0.434 e. The van der Waals surface area contributed by atoms with Gasteiger partial charge in [-0.05, 0) is 31.4 Å². The summed E-state index contributed by atoms with van der Waals surface area (Å²) in [4.78, 5) is 11.9. The van der Waals surface area contributed by atoms with Crippen LogP contribution in [-0.4, -0.2) is 29.8 Å². The fourth-order valence-corrected chi connectivity index (χ4v) is 1.95. The van der Waals surface area contributed by atoms with Crippen molar-refractivity contribution in [1.82, 2.24) is 5.32 Å². The van der Waals surface area contributed by atoms with Crippen molar-refractivity contribution >= 4 is 5.91 Å². The number of carbonyl (C=O) groups excluding carboxylic acids is 1. The Kier molecular flexibility index (Phi) is 3.99. The fraction of sp³-hybridized carbons (Fsp3) is 0.462. The van der Waals surface area contributed by atoms with Gasteiger partial charge >= 0.3 is 6.61 Å². The Morgan fingerprint density at radius 2 is 2.11 bits per heavy atom. The highest BCUT2D eigenvalue weighted by atomic mass is 19.3. The van der Waals surface area contributed by atoms with Crippen LogP contribution in [0.3, 0.4) is 0 Å².